The van der Waals surface area contributed by atoms with Crippen LogP contribution in [0.25, 0.3) is 0 Å². The number of anilines is 1. The molecule has 5 amide bonds. The number of aliphatic hydroxyl groups is 1. The Morgan fingerprint density at radius 1 is 1.07 bits per heavy atom. The molecule has 2 aliphatic rings. The first kappa shape index (κ1) is 36.4. The quantitative estimate of drug-likeness (QED) is 0.0864. The van der Waals surface area contributed by atoms with E-state index in [4.69, 9.17) is 17.3 Å². The minimum atomic E-state index is -1.11. The van der Waals surface area contributed by atoms with Gasteiger partial charge in [0.1, 0.15) is 6.04 Å². The molecule has 4 unspecified atom stereocenters. The number of nitrogens with one attached hydrogen (secondary N) is 3. The number of ether oxygens (including phenoxy) is 2. The standard InChI is InChI=1S/C31H41BN4O10/c1-18(2)29(35-25(38)9-11-45-12-10-36-27(40)7-8-28(36)41)30(42)33-17-26(39)34-21-5-3-20(16-32)19(13-21)4-6-23-14-22(37)15-24(46-23)31(43)44/h3,5,7-8,13,18,22-24,29,37H,4,6,9-12,14-17H2,1-2H3,(H,33,42)(H,34,39)(H,35,38)(H,43,44). The van der Waals surface area contributed by atoms with Gasteiger partial charge in [-0.2, -0.15) is 0 Å². The summed E-state index contributed by atoms with van der Waals surface area (Å²) in [6.45, 7) is 3.31. The van der Waals surface area contributed by atoms with Gasteiger partial charge in [0.15, 0.2) is 6.10 Å². The van der Waals surface area contributed by atoms with Crippen LogP contribution in [0, 0.1) is 5.92 Å². The number of benzene rings is 1. The predicted molar refractivity (Wildman–Crippen MR) is 165 cm³/mol. The topological polar surface area (TPSA) is 201 Å². The molecular formula is C31H41BN4O10. The number of amides is 5. The molecule has 0 spiro atoms. The van der Waals surface area contributed by atoms with Gasteiger partial charge in [-0.3, -0.25) is 28.9 Å². The van der Waals surface area contributed by atoms with E-state index in [-0.39, 0.29) is 51.4 Å². The lowest BCUT2D eigenvalue weighted by atomic mass is 9.89. The zero-order valence-electron chi connectivity index (χ0n) is 26.0. The predicted octanol–water partition coefficient (Wildman–Crippen LogP) is -0.192. The highest BCUT2D eigenvalue weighted by molar-refractivity contribution is 6.12. The van der Waals surface area contributed by atoms with Gasteiger partial charge in [0.2, 0.25) is 17.7 Å². The summed E-state index contributed by atoms with van der Waals surface area (Å²) in [5, 5.41) is 27.2. The molecule has 0 aromatic heterocycles. The van der Waals surface area contributed by atoms with E-state index in [1.165, 1.54) is 12.2 Å². The number of aliphatic hydroxyl groups excluding tert-OH is 1. The molecule has 0 saturated carbocycles. The fraction of sp³-hybridized carbons (Fsp3) is 0.548. The van der Waals surface area contributed by atoms with Gasteiger partial charge >= 0.3 is 5.97 Å². The Hall–Kier alpha value is -4.08. The Bertz CT molecular complexity index is 1300. The Kier molecular flexibility index (Phi) is 13.9. The van der Waals surface area contributed by atoms with E-state index in [1.807, 2.05) is 0 Å². The van der Waals surface area contributed by atoms with Crippen LogP contribution in [0.1, 0.15) is 50.7 Å². The van der Waals surface area contributed by atoms with Gasteiger partial charge in [0.25, 0.3) is 11.8 Å². The fourth-order valence-corrected chi connectivity index (χ4v) is 5.12. The summed E-state index contributed by atoms with van der Waals surface area (Å²) in [5.41, 5.74) is 2.15. The molecule has 3 rings (SSSR count). The Morgan fingerprint density at radius 2 is 1.78 bits per heavy atom. The summed E-state index contributed by atoms with van der Waals surface area (Å²) in [6.07, 6.45) is 1.59. The number of carbonyl (C=O) groups is 6. The summed E-state index contributed by atoms with van der Waals surface area (Å²) in [5.74, 6) is -3.69. The fourth-order valence-electron chi connectivity index (χ4n) is 5.12. The number of hydrogen-bond donors (Lipinski definition) is 5. The van der Waals surface area contributed by atoms with Crippen LogP contribution in [0.3, 0.4) is 0 Å². The van der Waals surface area contributed by atoms with Crippen molar-refractivity contribution in [3.63, 3.8) is 0 Å². The highest BCUT2D eigenvalue weighted by Gasteiger charge is 2.32. The lowest BCUT2D eigenvalue weighted by molar-refractivity contribution is -0.166. The second kappa shape index (κ2) is 17.6. The smallest absolute Gasteiger partial charge is 0.332 e. The monoisotopic (exact) mass is 640 g/mol. The molecule has 1 fully saturated rings. The molecular weight excluding hydrogens is 599 g/mol. The van der Waals surface area contributed by atoms with Gasteiger partial charge < -0.3 is 35.6 Å². The van der Waals surface area contributed by atoms with Crippen molar-refractivity contribution >= 4 is 49.0 Å². The number of hydrogen-bond acceptors (Lipinski definition) is 9. The number of carboxylic acid groups (broad SMARTS) is 1. The van der Waals surface area contributed by atoms with Gasteiger partial charge in [-0.1, -0.05) is 31.8 Å². The molecule has 248 valence electrons. The molecule has 1 aromatic rings. The molecule has 46 heavy (non-hydrogen) atoms. The number of aryl methyl sites for hydroxylation is 1. The molecule has 2 aliphatic heterocycles. The third-order valence-electron chi connectivity index (χ3n) is 7.62. The van der Waals surface area contributed by atoms with Crippen molar-refractivity contribution in [2.24, 2.45) is 5.92 Å². The number of carbonyl (C=O) groups excluding carboxylic acids is 5. The maximum Gasteiger partial charge on any atom is 0.332 e. The van der Waals surface area contributed by atoms with Crippen LogP contribution in [0.5, 0.6) is 0 Å². The molecule has 1 saturated heterocycles. The van der Waals surface area contributed by atoms with Crippen LogP contribution in [0.2, 0.25) is 0 Å². The summed E-state index contributed by atoms with van der Waals surface area (Å²) < 4.78 is 11.0. The van der Waals surface area contributed by atoms with Crippen molar-refractivity contribution in [3.05, 3.63) is 41.5 Å². The Labute approximate surface area is 268 Å². The van der Waals surface area contributed by atoms with Crippen molar-refractivity contribution in [3.8, 4) is 0 Å². The van der Waals surface area contributed by atoms with Crippen LogP contribution in [-0.2, 0) is 51.0 Å². The van der Waals surface area contributed by atoms with E-state index in [1.54, 1.807) is 32.0 Å². The molecule has 0 aliphatic carbocycles. The molecule has 1 aromatic carbocycles. The van der Waals surface area contributed by atoms with Crippen LogP contribution in [0.15, 0.2) is 30.4 Å². The van der Waals surface area contributed by atoms with Crippen molar-refractivity contribution in [2.75, 3.05) is 31.6 Å². The largest absolute Gasteiger partial charge is 0.479 e. The first-order chi connectivity index (χ1) is 21.9. The van der Waals surface area contributed by atoms with Crippen LogP contribution in [0.4, 0.5) is 5.69 Å². The molecule has 2 radical (unpaired) electrons. The molecule has 4 atom stereocenters. The second-order valence-corrected chi connectivity index (χ2v) is 11.5. The van der Waals surface area contributed by atoms with Crippen LogP contribution in [-0.4, -0.2) is 109 Å². The van der Waals surface area contributed by atoms with Crippen molar-refractivity contribution in [1.82, 2.24) is 15.5 Å². The van der Waals surface area contributed by atoms with Gasteiger partial charge in [-0.05, 0) is 42.9 Å². The number of aliphatic carboxylic acids is 1. The summed E-state index contributed by atoms with van der Waals surface area (Å²) >= 11 is 0. The summed E-state index contributed by atoms with van der Waals surface area (Å²) in [7, 11) is 5.89. The Balaban J connectivity index is 1.43. The zero-order valence-corrected chi connectivity index (χ0v) is 26.0. The third kappa shape index (κ3) is 11.1. The average Bonchev–Trinajstić information content (AvgIpc) is 3.33. The summed E-state index contributed by atoms with van der Waals surface area (Å²) in [4.78, 5) is 73.4. The zero-order chi connectivity index (χ0) is 33.8. The number of imide groups is 1. The highest BCUT2D eigenvalue weighted by atomic mass is 16.5. The minimum absolute atomic E-state index is 0.0216. The highest BCUT2D eigenvalue weighted by Crippen LogP contribution is 2.25. The van der Waals surface area contributed by atoms with Gasteiger partial charge in [0.05, 0.1) is 46.4 Å². The van der Waals surface area contributed by atoms with E-state index >= 15 is 0 Å². The van der Waals surface area contributed by atoms with Crippen molar-refractivity contribution in [2.45, 2.75) is 76.6 Å². The number of carboxylic acids is 1. The normalized spacial score (nSPS) is 20.1. The molecule has 0 bridgehead atoms. The maximum atomic E-state index is 12.8. The first-order valence-electron chi connectivity index (χ1n) is 15.2. The minimum Gasteiger partial charge on any atom is -0.479 e. The number of nitrogens with zero attached hydrogens (tertiary/aromatic N) is 1. The van der Waals surface area contributed by atoms with Crippen LogP contribution >= 0.6 is 0 Å². The van der Waals surface area contributed by atoms with Gasteiger partial charge in [-0.25, -0.2) is 4.79 Å². The maximum absolute atomic E-state index is 12.8. The average molecular weight is 640 g/mol. The lowest BCUT2D eigenvalue weighted by Crippen LogP contribution is -2.51. The number of rotatable bonds is 17. The van der Waals surface area contributed by atoms with Crippen LogP contribution < -0.4 is 16.0 Å². The van der Waals surface area contributed by atoms with E-state index in [2.05, 4.69) is 16.0 Å². The van der Waals surface area contributed by atoms with Gasteiger partial charge in [-0.15, -0.1) is 0 Å². The lowest BCUT2D eigenvalue weighted by Gasteiger charge is -2.31. The Morgan fingerprint density at radius 3 is 2.43 bits per heavy atom. The summed E-state index contributed by atoms with van der Waals surface area (Å²) in [6, 6.07) is 4.32. The molecule has 15 heteroatoms. The van der Waals surface area contributed by atoms with E-state index in [0.717, 1.165) is 16.0 Å². The van der Waals surface area contributed by atoms with E-state index in [0.29, 0.717) is 24.9 Å². The molecule has 14 nitrogen and oxygen atoms in total. The van der Waals surface area contributed by atoms with Crippen molar-refractivity contribution in [1.29, 1.82) is 0 Å². The third-order valence-corrected chi connectivity index (χ3v) is 7.62. The van der Waals surface area contributed by atoms with Gasteiger partial charge in [0, 0.05) is 30.7 Å². The van der Waals surface area contributed by atoms with E-state index in [9.17, 15) is 39.0 Å². The molecule has 2 heterocycles. The second-order valence-electron chi connectivity index (χ2n) is 11.5. The van der Waals surface area contributed by atoms with E-state index < -0.39 is 59.9 Å². The SMILES string of the molecule is [B]Cc1ccc(NC(=O)CNC(=O)C(NC(=O)CCOCCN2C(=O)C=CC2=O)C(C)C)cc1CCC1CC(O)CC(C(=O)O)O1. The first-order valence-corrected chi connectivity index (χ1v) is 15.2. The van der Waals surface area contributed by atoms with Crippen molar-refractivity contribution < 1.29 is 48.5 Å². The molecule has 5 N–H and O–H groups in total.